The van der Waals surface area contributed by atoms with Crippen LogP contribution in [0.15, 0.2) is 0 Å². The van der Waals surface area contributed by atoms with Crippen LogP contribution in [-0.4, -0.2) is 25.8 Å². The summed E-state index contributed by atoms with van der Waals surface area (Å²) in [5.41, 5.74) is 0. The van der Waals surface area contributed by atoms with E-state index in [4.69, 9.17) is 4.74 Å². The fourth-order valence-corrected chi connectivity index (χ4v) is 3.06. The third kappa shape index (κ3) is 8.97. The van der Waals surface area contributed by atoms with E-state index >= 15 is 0 Å². The van der Waals surface area contributed by atoms with Crippen molar-refractivity contribution in [2.45, 2.75) is 90.5 Å². The largest absolute Gasteiger partial charge is 0.381 e. The number of ether oxygens (including phenoxy) is 1. The van der Waals surface area contributed by atoms with Crippen molar-refractivity contribution in [3.8, 4) is 0 Å². The smallest absolute Gasteiger partial charge is 0.0509 e. The molecule has 1 fully saturated rings. The molecule has 0 aliphatic carbocycles. The molecule has 1 heterocycles. The molecule has 0 spiro atoms. The zero-order valence-corrected chi connectivity index (χ0v) is 14.0. The molecule has 1 N–H and O–H groups in total. The second-order valence-electron chi connectivity index (χ2n) is 6.55. The number of rotatable bonds is 13. The molecule has 1 aliphatic heterocycles. The van der Waals surface area contributed by atoms with Gasteiger partial charge in [0.1, 0.15) is 0 Å². The van der Waals surface area contributed by atoms with Crippen LogP contribution in [0.1, 0.15) is 84.5 Å². The van der Waals surface area contributed by atoms with Crippen LogP contribution in [-0.2, 0) is 4.74 Å². The lowest BCUT2D eigenvalue weighted by Gasteiger charge is -2.19. The van der Waals surface area contributed by atoms with Gasteiger partial charge in [-0.25, -0.2) is 0 Å². The summed E-state index contributed by atoms with van der Waals surface area (Å²) in [5, 5.41) is 3.67. The molecule has 2 unspecified atom stereocenters. The Bertz CT molecular complexity index is 202. The zero-order chi connectivity index (χ0) is 14.5. The Morgan fingerprint density at radius 2 is 1.55 bits per heavy atom. The molecule has 0 amide bonds. The van der Waals surface area contributed by atoms with Crippen molar-refractivity contribution >= 4 is 0 Å². The maximum absolute atomic E-state index is 5.45. The van der Waals surface area contributed by atoms with E-state index in [1.165, 1.54) is 77.2 Å². The quantitative estimate of drug-likeness (QED) is 0.484. The van der Waals surface area contributed by atoms with Crippen LogP contribution in [0.4, 0.5) is 0 Å². The van der Waals surface area contributed by atoms with Gasteiger partial charge in [0.15, 0.2) is 0 Å². The molecule has 1 saturated heterocycles. The summed E-state index contributed by atoms with van der Waals surface area (Å²) in [5.74, 6) is 0.748. The third-order valence-electron chi connectivity index (χ3n) is 4.67. The third-order valence-corrected chi connectivity index (χ3v) is 4.67. The van der Waals surface area contributed by atoms with Gasteiger partial charge in [0.2, 0.25) is 0 Å². The zero-order valence-electron chi connectivity index (χ0n) is 14.0. The minimum atomic E-state index is 0.635. The van der Waals surface area contributed by atoms with Gasteiger partial charge in [0.25, 0.3) is 0 Å². The number of nitrogens with one attached hydrogen (secondary N) is 1. The summed E-state index contributed by atoms with van der Waals surface area (Å²) in [4.78, 5) is 0. The Kier molecular flexibility index (Phi) is 11.4. The summed E-state index contributed by atoms with van der Waals surface area (Å²) in [6.45, 7) is 7.72. The molecule has 0 aromatic heterocycles. The van der Waals surface area contributed by atoms with E-state index < -0.39 is 0 Å². The van der Waals surface area contributed by atoms with Crippen molar-refractivity contribution in [1.82, 2.24) is 5.32 Å². The van der Waals surface area contributed by atoms with Crippen molar-refractivity contribution in [2.75, 3.05) is 19.8 Å². The van der Waals surface area contributed by atoms with Crippen molar-refractivity contribution in [3.05, 3.63) is 0 Å². The van der Waals surface area contributed by atoms with Gasteiger partial charge in [-0.15, -0.1) is 0 Å². The van der Waals surface area contributed by atoms with Gasteiger partial charge in [-0.1, -0.05) is 64.7 Å². The van der Waals surface area contributed by atoms with Crippen LogP contribution >= 0.6 is 0 Å². The lowest BCUT2D eigenvalue weighted by Crippen LogP contribution is -2.34. The summed E-state index contributed by atoms with van der Waals surface area (Å²) in [6.07, 6.45) is 15.4. The molecule has 0 radical (unpaired) electrons. The molecule has 0 bridgehead atoms. The summed E-state index contributed by atoms with van der Waals surface area (Å²) >= 11 is 0. The maximum atomic E-state index is 5.45. The van der Waals surface area contributed by atoms with E-state index in [0.29, 0.717) is 6.04 Å². The predicted molar refractivity (Wildman–Crippen MR) is 88.2 cm³/mol. The highest BCUT2D eigenvalue weighted by atomic mass is 16.5. The van der Waals surface area contributed by atoms with Gasteiger partial charge in [0.05, 0.1) is 6.61 Å². The number of hydrogen-bond acceptors (Lipinski definition) is 2. The first kappa shape index (κ1) is 18.0. The van der Waals surface area contributed by atoms with Gasteiger partial charge in [-0.2, -0.15) is 0 Å². The maximum Gasteiger partial charge on any atom is 0.0509 e. The first-order valence-corrected chi connectivity index (χ1v) is 9.15. The molecular weight excluding hydrogens is 246 g/mol. The van der Waals surface area contributed by atoms with Crippen LogP contribution in [0.5, 0.6) is 0 Å². The molecule has 120 valence electrons. The van der Waals surface area contributed by atoms with E-state index in [1.807, 2.05) is 0 Å². The normalized spacial score (nSPS) is 20.4. The molecule has 1 aliphatic rings. The monoisotopic (exact) mass is 283 g/mol. The van der Waals surface area contributed by atoms with Gasteiger partial charge in [-0.3, -0.25) is 0 Å². The fraction of sp³-hybridized carbons (Fsp3) is 1.00. The topological polar surface area (TPSA) is 21.3 Å². The number of hydrogen-bond donors (Lipinski definition) is 1. The lowest BCUT2D eigenvalue weighted by molar-refractivity contribution is 0.178. The van der Waals surface area contributed by atoms with Crippen LogP contribution in [0.3, 0.4) is 0 Å². The SMILES string of the molecule is CCCCCCCCCCCCNC(C)C1CCOC1. The minimum Gasteiger partial charge on any atom is -0.381 e. The van der Waals surface area contributed by atoms with Crippen molar-refractivity contribution in [3.63, 3.8) is 0 Å². The van der Waals surface area contributed by atoms with Crippen LogP contribution in [0.2, 0.25) is 0 Å². The van der Waals surface area contributed by atoms with Gasteiger partial charge in [-0.05, 0) is 32.2 Å². The van der Waals surface area contributed by atoms with Gasteiger partial charge >= 0.3 is 0 Å². The second kappa shape index (κ2) is 12.6. The van der Waals surface area contributed by atoms with E-state index in [1.54, 1.807) is 0 Å². The fourth-order valence-electron chi connectivity index (χ4n) is 3.06. The van der Waals surface area contributed by atoms with Crippen LogP contribution < -0.4 is 5.32 Å². The van der Waals surface area contributed by atoms with E-state index in [2.05, 4.69) is 19.2 Å². The Labute approximate surface area is 127 Å². The number of unbranched alkanes of at least 4 members (excludes halogenated alkanes) is 9. The summed E-state index contributed by atoms with van der Waals surface area (Å²) in [6, 6.07) is 0.635. The highest BCUT2D eigenvalue weighted by Crippen LogP contribution is 2.16. The molecule has 2 atom stereocenters. The average molecular weight is 284 g/mol. The molecular formula is C18H37NO. The Morgan fingerprint density at radius 3 is 2.10 bits per heavy atom. The predicted octanol–water partition coefficient (Wildman–Crippen LogP) is 4.92. The first-order chi connectivity index (χ1) is 9.84. The van der Waals surface area contributed by atoms with Crippen molar-refractivity contribution in [2.24, 2.45) is 5.92 Å². The minimum absolute atomic E-state index is 0.635. The highest BCUT2D eigenvalue weighted by molar-refractivity contribution is 4.75. The van der Waals surface area contributed by atoms with Crippen LogP contribution in [0, 0.1) is 5.92 Å². The van der Waals surface area contributed by atoms with Gasteiger partial charge < -0.3 is 10.1 Å². The second-order valence-corrected chi connectivity index (χ2v) is 6.55. The lowest BCUT2D eigenvalue weighted by atomic mass is 10.0. The molecule has 0 aromatic carbocycles. The Morgan fingerprint density at radius 1 is 0.950 bits per heavy atom. The van der Waals surface area contributed by atoms with Crippen LogP contribution in [0.25, 0.3) is 0 Å². The first-order valence-electron chi connectivity index (χ1n) is 9.15. The van der Waals surface area contributed by atoms with E-state index in [-0.39, 0.29) is 0 Å². The highest BCUT2D eigenvalue weighted by Gasteiger charge is 2.21. The molecule has 2 nitrogen and oxygen atoms in total. The van der Waals surface area contributed by atoms with E-state index in [9.17, 15) is 0 Å². The summed E-state index contributed by atoms with van der Waals surface area (Å²) in [7, 11) is 0. The molecule has 1 rings (SSSR count). The van der Waals surface area contributed by atoms with E-state index in [0.717, 1.165) is 19.1 Å². The molecule has 2 heteroatoms. The Balaban J connectivity index is 1.76. The molecule has 0 aromatic rings. The standard InChI is InChI=1S/C18H37NO/c1-3-4-5-6-7-8-9-10-11-12-14-19-17(2)18-13-15-20-16-18/h17-19H,3-16H2,1-2H3. The molecule has 0 saturated carbocycles. The Hall–Kier alpha value is -0.0800. The molecule has 20 heavy (non-hydrogen) atoms. The summed E-state index contributed by atoms with van der Waals surface area (Å²) < 4.78 is 5.45. The van der Waals surface area contributed by atoms with Crippen molar-refractivity contribution in [1.29, 1.82) is 0 Å². The van der Waals surface area contributed by atoms with Crippen molar-refractivity contribution < 1.29 is 4.74 Å². The average Bonchev–Trinajstić information content (AvgIpc) is 2.99. The van der Waals surface area contributed by atoms with Gasteiger partial charge in [0, 0.05) is 12.6 Å².